The molecule has 4 rings (SSSR count). The highest BCUT2D eigenvalue weighted by atomic mass is 19.1. The Morgan fingerprint density at radius 2 is 1.93 bits per heavy atom. The summed E-state index contributed by atoms with van der Waals surface area (Å²) >= 11 is 0. The van der Waals surface area contributed by atoms with E-state index in [0.717, 1.165) is 5.69 Å². The second kappa shape index (κ2) is 7.57. The Bertz CT molecular complexity index is 927. The SMILES string of the molecule is O=C(NCc1cn(-c2ccccc2)nn1)C1CCN(c2ccccc2F)C1. The van der Waals surface area contributed by atoms with Crippen LogP contribution in [0.5, 0.6) is 0 Å². The van der Waals surface area contributed by atoms with Crippen molar-refractivity contribution in [1.29, 1.82) is 0 Å². The van der Waals surface area contributed by atoms with Crippen LogP contribution in [0.25, 0.3) is 5.69 Å². The van der Waals surface area contributed by atoms with Crippen molar-refractivity contribution in [3.63, 3.8) is 0 Å². The third kappa shape index (κ3) is 3.81. The van der Waals surface area contributed by atoms with E-state index in [0.29, 0.717) is 37.4 Å². The van der Waals surface area contributed by atoms with Gasteiger partial charge in [-0.3, -0.25) is 4.79 Å². The van der Waals surface area contributed by atoms with Crippen molar-refractivity contribution in [2.45, 2.75) is 13.0 Å². The summed E-state index contributed by atoms with van der Waals surface area (Å²) in [6.45, 7) is 1.51. The number of nitrogens with one attached hydrogen (secondary N) is 1. The summed E-state index contributed by atoms with van der Waals surface area (Å²) in [4.78, 5) is 14.4. The van der Waals surface area contributed by atoms with Crippen LogP contribution in [0.3, 0.4) is 0 Å². The Balaban J connectivity index is 1.33. The monoisotopic (exact) mass is 365 g/mol. The smallest absolute Gasteiger partial charge is 0.225 e. The van der Waals surface area contributed by atoms with Crippen LogP contribution in [0.2, 0.25) is 0 Å². The molecule has 2 heterocycles. The van der Waals surface area contributed by atoms with E-state index in [1.54, 1.807) is 23.0 Å². The number of halogens is 1. The van der Waals surface area contributed by atoms with Gasteiger partial charge in [0.1, 0.15) is 11.5 Å². The van der Waals surface area contributed by atoms with Crippen LogP contribution < -0.4 is 10.2 Å². The van der Waals surface area contributed by atoms with Crippen molar-refractivity contribution in [3.8, 4) is 5.69 Å². The van der Waals surface area contributed by atoms with E-state index in [9.17, 15) is 9.18 Å². The Morgan fingerprint density at radius 3 is 2.74 bits per heavy atom. The molecule has 1 fully saturated rings. The van der Waals surface area contributed by atoms with Gasteiger partial charge in [0, 0.05) is 13.1 Å². The lowest BCUT2D eigenvalue weighted by molar-refractivity contribution is -0.124. The van der Waals surface area contributed by atoms with Crippen molar-refractivity contribution in [1.82, 2.24) is 20.3 Å². The first-order chi connectivity index (χ1) is 13.2. The zero-order valence-corrected chi connectivity index (χ0v) is 14.8. The van der Waals surface area contributed by atoms with Gasteiger partial charge in [0.15, 0.2) is 0 Å². The average Bonchev–Trinajstić information content (AvgIpc) is 3.37. The highest BCUT2D eigenvalue weighted by molar-refractivity contribution is 5.80. The lowest BCUT2D eigenvalue weighted by Gasteiger charge is -2.19. The molecule has 1 aliphatic heterocycles. The number of carbonyl (C=O) groups is 1. The molecular formula is C20H20FN5O. The van der Waals surface area contributed by atoms with Crippen LogP contribution in [0.15, 0.2) is 60.8 Å². The zero-order chi connectivity index (χ0) is 18.6. The second-order valence-corrected chi connectivity index (χ2v) is 6.59. The third-order valence-corrected chi connectivity index (χ3v) is 4.76. The van der Waals surface area contributed by atoms with E-state index < -0.39 is 0 Å². The van der Waals surface area contributed by atoms with Crippen LogP contribution in [-0.4, -0.2) is 34.0 Å². The third-order valence-electron chi connectivity index (χ3n) is 4.76. The van der Waals surface area contributed by atoms with Gasteiger partial charge in [-0.05, 0) is 30.7 Å². The molecule has 0 aliphatic carbocycles. The Hall–Kier alpha value is -3.22. The van der Waals surface area contributed by atoms with Crippen molar-refractivity contribution < 1.29 is 9.18 Å². The van der Waals surface area contributed by atoms with E-state index in [2.05, 4.69) is 15.6 Å². The summed E-state index contributed by atoms with van der Waals surface area (Å²) in [5, 5.41) is 11.1. The van der Waals surface area contributed by atoms with Crippen LogP contribution in [0.1, 0.15) is 12.1 Å². The first-order valence-electron chi connectivity index (χ1n) is 8.94. The first-order valence-corrected chi connectivity index (χ1v) is 8.94. The summed E-state index contributed by atoms with van der Waals surface area (Å²) in [7, 11) is 0. The lowest BCUT2D eigenvalue weighted by atomic mass is 10.1. The number of hydrogen-bond acceptors (Lipinski definition) is 4. The molecule has 1 saturated heterocycles. The fourth-order valence-corrected chi connectivity index (χ4v) is 3.31. The van der Waals surface area contributed by atoms with Crippen molar-refractivity contribution in [2.75, 3.05) is 18.0 Å². The molecule has 2 aromatic carbocycles. The summed E-state index contributed by atoms with van der Waals surface area (Å²) in [6, 6.07) is 16.3. The molecule has 1 N–H and O–H groups in total. The van der Waals surface area contributed by atoms with E-state index in [1.165, 1.54) is 6.07 Å². The summed E-state index contributed by atoms with van der Waals surface area (Å²) in [5.74, 6) is -0.451. The van der Waals surface area contributed by atoms with E-state index in [-0.39, 0.29) is 17.6 Å². The van der Waals surface area contributed by atoms with Crippen LogP contribution in [0, 0.1) is 11.7 Å². The molecule has 0 bridgehead atoms. The van der Waals surface area contributed by atoms with Gasteiger partial charge in [-0.1, -0.05) is 35.5 Å². The van der Waals surface area contributed by atoms with Gasteiger partial charge in [-0.25, -0.2) is 9.07 Å². The molecule has 0 saturated carbocycles. The highest BCUT2D eigenvalue weighted by Crippen LogP contribution is 2.26. The van der Waals surface area contributed by atoms with Crippen LogP contribution >= 0.6 is 0 Å². The topological polar surface area (TPSA) is 63.1 Å². The Kier molecular flexibility index (Phi) is 4.82. The summed E-state index contributed by atoms with van der Waals surface area (Å²) < 4.78 is 15.6. The van der Waals surface area contributed by atoms with Crippen molar-refractivity contribution in [2.24, 2.45) is 5.92 Å². The van der Waals surface area contributed by atoms with Gasteiger partial charge in [-0.15, -0.1) is 5.10 Å². The largest absolute Gasteiger partial charge is 0.368 e. The Labute approximate surface area is 156 Å². The normalized spacial score (nSPS) is 16.5. The van der Waals surface area contributed by atoms with Crippen LogP contribution in [-0.2, 0) is 11.3 Å². The fourth-order valence-electron chi connectivity index (χ4n) is 3.31. The quantitative estimate of drug-likeness (QED) is 0.755. The molecule has 1 aliphatic rings. The molecule has 3 aromatic rings. The number of para-hydroxylation sites is 2. The molecule has 1 amide bonds. The van der Waals surface area contributed by atoms with Crippen molar-refractivity contribution >= 4 is 11.6 Å². The van der Waals surface area contributed by atoms with Gasteiger partial charge in [-0.2, -0.15) is 0 Å². The predicted octanol–water partition coefficient (Wildman–Crippen LogP) is 2.55. The maximum Gasteiger partial charge on any atom is 0.225 e. The number of nitrogens with zero attached hydrogens (tertiary/aromatic N) is 4. The predicted molar refractivity (Wildman–Crippen MR) is 99.9 cm³/mol. The molecule has 138 valence electrons. The van der Waals surface area contributed by atoms with Gasteiger partial charge < -0.3 is 10.2 Å². The molecule has 6 nitrogen and oxygen atoms in total. The number of anilines is 1. The average molecular weight is 365 g/mol. The standard InChI is InChI=1S/C20H20FN5O/c21-18-8-4-5-9-19(18)25-11-10-15(13-25)20(27)22-12-16-14-26(24-23-16)17-6-2-1-3-7-17/h1-9,14-15H,10-13H2,(H,22,27). The molecule has 0 radical (unpaired) electrons. The molecule has 0 spiro atoms. The van der Waals surface area contributed by atoms with Gasteiger partial charge in [0.2, 0.25) is 5.91 Å². The molecule has 1 unspecified atom stereocenters. The highest BCUT2D eigenvalue weighted by Gasteiger charge is 2.29. The van der Waals surface area contributed by atoms with E-state index in [1.807, 2.05) is 41.3 Å². The molecular weight excluding hydrogens is 345 g/mol. The zero-order valence-electron chi connectivity index (χ0n) is 14.8. The van der Waals surface area contributed by atoms with Gasteiger partial charge in [0.05, 0.1) is 30.0 Å². The summed E-state index contributed by atoms with van der Waals surface area (Å²) in [5.41, 5.74) is 2.16. The minimum absolute atomic E-state index is 0.0388. The Morgan fingerprint density at radius 1 is 1.15 bits per heavy atom. The number of carbonyl (C=O) groups excluding carboxylic acids is 1. The number of benzene rings is 2. The maximum absolute atomic E-state index is 13.9. The van der Waals surface area contributed by atoms with E-state index >= 15 is 0 Å². The molecule has 27 heavy (non-hydrogen) atoms. The van der Waals surface area contributed by atoms with Crippen molar-refractivity contribution in [3.05, 3.63) is 72.3 Å². The lowest BCUT2D eigenvalue weighted by Crippen LogP contribution is -2.32. The van der Waals surface area contributed by atoms with Gasteiger partial charge in [0.25, 0.3) is 0 Å². The minimum Gasteiger partial charge on any atom is -0.368 e. The fraction of sp³-hybridized carbons (Fsp3) is 0.250. The number of hydrogen-bond donors (Lipinski definition) is 1. The molecule has 1 atom stereocenters. The maximum atomic E-state index is 13.9. The molecule has 7 heteroatoms. The van der Waals surface area contributed by atoms with E-state index in [4.69, 9.17) is 0 Å². The summed E-state index contributed by atoms with van der Waals surface area (Å²) in [6.07, 6.45) is 2.51. The first kappa shape index (κ1) is 17.2. The molecule has 1 aromatic heterocycles. The number of aromatic nitrogens is 3. The number of rotatable bonds is 5. The van der Waals surface area contributed by atoms with Gasteiger partial charge >= 0.3 is 0 Å². The van der Waals surface area contributed by atoms with Crippen LogP contribution in [0.4, 0.5) is 10.1 Å². The minimum atomic E-state index is -0.254. The number of amides is 1. The second-order valence-electron chi connectivity index (χ2n) is 6.59.